The summed E-state index contributed by atoms with van der Waals surface area (Å²) in [6, 6.07) is 10.7. The number of anilines is 1. The lowest BCUT2D eigenvalue weighted by atomic mass is 10.1. The van der Waals surface area contributed by atoms with Crippen LogP contribution in [0.4, 0.5) is 23.2 Å². The fourth-order valence-corrected chi connectivity index (χ4v) is 2.69. The number of aryl methyl sites for hydroxylation is 1. The van der Waals surface area contributed by atoms with Gasteiger partial charge in [0.15, 0.2) is 0 Å². The first-order chi connectivity index (χ1) is 13.6. The summed E-state index contributed by atoms with van der Waals surface area (Å²) < 4.78 is 58.2. The maximum Gasteiger partial charge on any atom is 0.417 e. The van der Waals surface area contributed by atoms with E-state index in [-0.39, 0.29) is 11.6 Å². The highest BCUT2D eigenvalue weighted by atomic mass is 32.1. The van der Waals surface area contributed by atoms with Crippen molar-refractivity contribution in [1.29, 1.82) is 0 Å². The Balaban J connectivity index is 2.00. The number of hydrogen-bond donors (Lipinski definition) is 2. The molecule has 1 N–H and O–H groups in total. The van der Waals surface area contributed by atoms with Crippen LogP contribution >= 0.6 is 12.6 Å². The van der Waals surface area contributed by atoms with Crippen LogP contribution in [-0.4, -0.2) is 10.9 Å². The third-order valence-corrected chi connectivity index (χ3v) is 4.15. The predicted octanol–water partition coefficient (Wildman–Crippen LogP) is 5.88. The Morgan fingerprint density at radius 1 is 1.14 bits per heavy atom. The van der Waals surface area contributed by atoms with E-state index in [0.29, 0.717) is 28.4 Å². The molecule has 29 heavy (non-hydrogen) atoms. The maximum absolute atomic E-state index is 13.3. The Bertz CT molecular complexity index is 1070. The zero-order valence-electron chi connectivity index (χ0n) is 14.9. The van der Waals surface area contributed by atoms with Gasteiger partial charge in [0.2, 0.25) is 5.88 Å². The molecule has 1 amide bonds. The molecule has 0 aliphatic carbocycles. The molecule has 0 atom stereocenters. The van der Waals surface area contributed by atoms with Crippen molar-refractivity contribution in [3.05, 3.63) is 77.2 Å². The second-order valence-electron chi connectivity index (χ2n) is 6.09. The number of carbonyl (C=O) groups is 1. The number of benzene rings is 2. The third kappa shape index (κ3) is 5.05. The van der Waals surface area contributed by atoms with Gasteiger partial charge in [0.05, 0.1) is 5.56 Å². The topological polar surface area (TPSA) is 51.2 Å². The number of nitrogens with zero attached hydrogens (tertiary/aromatic N) is 1. The van der Waals surface area contributed by atoms with Crippen LogP contribution in [0.1, 0.15) is 21.5 Å². The zero-order chi connectivity index (χ0) is 21.2. The van der Waals surface area contributed by atoms with Gasteiger partial charge in [-0.2, -0.15) is 13.2 Å². The van der Waals surface area contributed by atoms with E-state index < -0.39 is 29.0 Å². The van der Waals surface area contributed by atoms with Gasteiger partial charge in [-0.25, -0.2) is 9.37 Å². The summed E-state index contributed by atoms with van der Waals surface area (Å²) in [4.78, 5) is 16.9. The molecule has 0 saturated carbocycles. The van der Waals surface area contributed by atoms with Gasteiger partial charge in [0, 0.05) is 16.8 Å². The van der Waals surface area contributed by atoms with Gasteiger partial charge >= 0.3 is 6.18 Å². The van der Waals surface area contributed by atoms with E-state index in [4.69, 9.17) is 4.74 Å². The van der Waals surface area contributed by atoms with Gasteiger partial charge in [-0.15, -0.1) is 12.6 Å². The van der Waals surface area contributed by atoms with E-state index in [0.717, 1.165) is 6.07 Å². The fourth-order valence-electron chi connectivity index (χ4n) is 2.46. The highest BCUT2D eigenvalue weighted by Gasteiger charge is 2.33. The standard InChI is InChI=1S/C20H14F4N2O2S/c1-11-7-13(21)5-6-17(11)28-19-16(8-12(10-25-19)20(22,23)24)18(27)26-14-3-2-4-15(29)9-14/h2-10,29H,1H3,(H,26,27). The second-order valence-corrected chi connectivity index (χ2v) is 6.61. The van der Waals surface area contributed by atoms with Crippen LogP contribution in [0, 0.1) is 12.7 Å². The van der Waals surface area contributed by atoms with Crippen LogP contribution in [0.25, 0.3) is 0 Å². The van der Waals surface area contributed by atoms with Crippen molar-refractivity contribution in [3.8, 4) is 11.6 Å². The molecule has 3 aromatic rings. The summed E-state index contributed by atoms with van der Waals surface area (Å²) in [5.74, 6) is -1.53. The predicted molar refractivity (Wildman–Crippen MR) is 102 cm³/mol. The molecule has 150 valence electrons. The van der Waals surface area contributed by atoms with Crippen LogP contribution in [0.3, 0.4) is 0 Å². The highest BCUT2D eigenvalue weighted by Crippen LogP contribution is 2.33. The maximum atomic E-state index is 13.3. The van der Waals surface area contributed by atoms with Crippen molar-refractivity contribution in [1.82, 2.24) is 4.98 Å². The molecule has 9 heteroatoms. The van der Waals surface area contributed by atoms with E-state index in [9.17, 15) is 22.4 Å². The number of nitrogens with one attached hydrogen (secondary N) is 1. The van der Waals surface area contributed by atoms with Crippen LogP contribution in [0.5, 0.6) is 11.6 Å². The van der Waals surface area contributed by atoms with Gasteiger partial charge in [0.1, 0.15) is 17.1 Å². The van der Waals surface area contributed by atoms with E-state index in [1.165, 1.54) is 18.2 Å². The molecule has 1 aromatic heterocycles. The number of halogens is 4. The van der Waals surface area contributed by atoms with E-state index >= 15 is 0 Å². The first kappa shape index (κ1) is 20.7. The molecule has 2 aromatic carbocycles. The number of thiol groups is 1. The molecular weight excluding hydrogens is 408 g/mol. The average molecular weight is 422 g/mol. The van der Waals surface area contributed by atoms with Gasteiger partial charge < -0.3 is 10.1 Å². The molecule has 4 nitrogen and oxygen atoms in total. The number of pyridine rings is 1. The second kappa shape index (κ2) is 8.12. The minimum Gasteiger partial charge on any atom is -0.438 e. The lowest BCUT2D eigenvalue weighted by Gasteiger charge is -2.14. The van der Waals surface area contributed by atoms with Gasteiger partial charge in [-0.1, -0.05) is 6.07 Å². The molecule has 3 rings (SSSR count). The van der Waals surface area contributed by atoms with Crippen LogP contribution in [0.15, 0.2) is 59.6 Å². The number of rotatable bonds is 4. The fraction of sp³-hybridized carbons (Fsp3) is 0.100. The minimum atomic E-state index is -4.70. The smallest absolute Gasteiger partial charge is 0.417 e. The molecule has 0 aliphatic heterocycles. The number of carbonyl (C=O) groups excluding carboxylic acids is 1. The Hall–Kier alpha value is -3.07. The SMILES string of the molecule is Cc1cc(F)ccc1Oc1ncc(C(F)(F)F)cc1C(=O)Nc1cccc(S)c1. The van der Waals surface area contributed by atoms with E-state index in [2.05, 4.69) is 22.9 Å². The lowest BCUT2D eigenvalue weighted by molar-refractivity contribution is -0.137. The number of hydrogen-bond acceptors (Lipinski definition) is 4. The van der Waals surface area contributed by atoms with Crippen molar-refractivity contribution in [2.24, 2.45) is 0 Å². The Labute approximate surface area is 169 Å². The first-order valence-electron chi connectivity index (χ1n) is 8.25. The summed E-state index contributed by atoms with van der Waals surface area (Å²) in [7, 11) is 0. The summed E-state index contributed by atoms with van der Waals surface area (Å²) in [6.45, 7) is 1.56. The molecule has 0 radical (unpaired) electrons. The highest BCUT2D eigenvalue weighted by molar-refractivity contribution is 7.80. The molecule has 0 aliphatic rings. The van der Waals surface area contributed by atoms with Gasteiger partial charge in [-0.05, 0) is 55.0 Å². The minimum absolute atomic E-state index is 0.157. The number of amides is 1. The molecule has 0 spiro atoms. The summed E-state index contributed by atoms with van der Waals surface area (Å²) >= 11 is 4.16. The van der Waals surface area contributed by atoms with E-state index in [1.54, 1.807) is 25.1 Å². The third-order valence-electron chi connectivity index (χ3n) is 3.87. The van der Waals surface area contributed by atoms with Crippen LogP contribution in [0.2, 0.25) is 0 Å². The summed E-state index contributed by atoms with van der Waals surface area (Å²) in [5.41, 5.74) is -0.799. The molecular formula is C20H14F4N2O2S. The molecule has 1 heterocycles. The number of alkyl halides is 3. The van der Waals surface area contributed by atoms with Gasteiger partial charge in [-0.3, -0.25) is 4.79 Å². The van der Waals surface area contributed by atoms with Crippen molar-refractivity contribution >= 4 is 24.2 Å². The summed E-state index contributed by atoms with van der Waals surface area (Å²) in [6.07, 6.45) is -4.13. The Morgan fingerprint density at radius 2 is 1.90 bits per heavy atom. The number of ether oxygens (including phenoxy) is 1. The first-order valence-corrected chi connectivity index (χ1v) is 8.70. The van der Waals surface area contributed by atoms with Crippen molar-refractivity contribution < 1.29 is 27.1 Å². The van der Waals surface area contributed by atoms with Crippen LogP contribution < -0.4 is 10.1 Å². The molecule has 0 fully saturated rings. The zero-order valence-corrected chi connectivity index (χ0v) is 15.8. The number of aromatic nitrogens is 1. The van der Waals surface area contributed by atoms with Crippen LogP contribution in [-0.2, 0) is 6.18 Å². The van der Waals surface area contributed by atoms with E-state index in [1.807, 2.05) is 0 Å². The molecule has 0 unspecified atom stereocenters. The quantitative estimate of drug-likeness (QED) is 0.408. The van der Waals surface area contributed by atoms with Crippen molar-refractivity contribution in [2.75, 3.05) is 5.32 Å². The lowest BCUT2D eigenvalue weighted by Crippen LogP contribution is -2.16. The Kier molecular flexibility index (Phi) is 5.78. The Morgan fingerprint density at radius 3 is 2.55 bits per heavy atom. The largest absolute Gasteiger partial charge is 0.438 e. The molecule has 0 bridgehead atoms. The van der Waals surface area contributed by atoms with Gasteiger partial charge in [0.25, 0.3) is 5.91 Å². The normalized spacial score (nSPS) is 11.2. The molecule has 0 saturated heterocycles. The van der Waals surface area contributed by atoms with Crippen molar-refractivity contribution in [3.63, 3.8) is 0 Å². The monoisotopic (exact) mass is 422 g/mol. The summed E-state index contributed by atoms with van der Waals surface area (Å²) in [5, 5.41) is 2.49. The average Bonchev–Trinajstić information content (AvgIpc) is 2.63. The van der Waals surface area contributed by atoms with Crippen molar-refractivity contribution in [2.45, 2.75) is 18.0 Å².